The predicted molar refractivity (Wildman–Crippen MR) is 67.2 cm³/mol. The van der Waals surface area contributed by atoms with Crippen LogP contribution in [0.3, 0.4) is 0 Å². The molecule has 1 fully saturated rings. The molecule has 0 aromatic rings. The molecule has 1 rings (SSSR count). The van der Waals surface area contributed by atoms with Gasteiger partial charge in [-0.25, -0.2) is 0 Å². The molecule has 0 aliphatic heterocycles. The molecule has 1 aliphatic carbocycles. The third-order valence-corrected chi connectivity index (χ3v) is 3.73. The van der Waals surface area contributed by atoms with E-state index in [1.54, 1.807) is 13.8 Å². The van der Waals surface area contributed by atoms with Gasteiger partial charge in [-0.2, -0.15) is 0 Å². The van der Waals surface area contributed by atoms with Crippen LogP contribution in [0, 0.1) is 0 Å². The normalized spacial score (nSPS) is 19.4. The van der Waals surface area contributed by atoms with E-state index in [0.29, 0.717) is 4.99 Å². The van der Waals surface area contributed by atoms with Crippen molar-refractivity contribution in [1.82, 2.24) is 5.32 Å². The third-order valence-electron chi connectivity index (χ3n) is 3.34. The number of methoxy groups -OCH3 is 1. The molecule has 1 amide bonds. The summed E-state index contributed by atoms with van der Waals surface area (Å²) in [6.07, 6.45) is 3.75. The number of nitrogens with one attached hydrogen (secondary N) is 1. The number of carbonyl (C=O) groups excluding carboxylic acids is 1. The van der Waals surface area contributed by atoms with E-state index in [2.05, 4.69) is 5.32 Å². The van der Waals surface area contributed by atoms with Crippen molar-refractivity contribution < 1.29 is 9.53 Å². The number of ether oxygens (including phenoxy) is 1. The van der Waals surface area contributed by atoms with Gasteiger partial charge in [0.25, 0.3) is 5.91 Å². The quantitative estimate of drug-likeness (QED) is 0.728. The van der Waals surface area contributed by atoms with Gasteiger partial charge in [-0.3, -0.25) is 4.79 Å². The van der Waals surface area contributed by atoms with Crippen molar-refractivity contribution in [2.45, 2.75) is 50.7 Å². The monoisotopic (exact) mass is 244 g/mol. The molecule has 1 aliphatic rings. The Kier molecular flexibility index (Phi) is 3.91. The van der Waals surface area contributed by atoms with Crippen LogP contribution in [0.25, 0.3) is 0 Å². The molecule has 0 saturated heterocycles. The van der Waals surface area contributed by atoms with Crippen LogP contribution in [0.5, 0.6) is 0 Å². The Bertz CT molecular complexity index is 296. The Balaban J connectivity index is 2.78. The fourth-order valence-corrected chi connectivity index (χ4v) is 2.13. The first-order valence-electron chi connectivity index (χ1n) is 5.52. The number of hydrogen-bond donors (Lipinski definition) is 2. The summed E-state index contributed by atoms with van der Waals surface area (Å²) in [7, 11) is 1.52. The zero-order valence-corrected chi connectivity index (χ0v) is 10.9. The highest BCUT2D eigenvalue weighted by molar-refractivity contribution is 7.80. The topological polar surface area (TPSA) is 64.3 Å². The maximum absolute atomic E-state index is 12.0. The van der Waals surface area contributed by atoms with Gasteiger partial charge in [0.05, 0.1) is 10.5 Å². The number of carbonyl (C=O) groups is 1. The van der Waals surface area contributed by atoms with Crippen LogP contribution >= 0.6 is 12.2 Å². The van der Waals surface area contributed by atoms with Gasteiger partial charge < -0.3 is 15.8 Å². The van der Waals surface area contributed by atoms with Gasteiger partial charge in [0, 0.05) is 7.11 Å². The molecule has 5 heteroatoms. The maximum atomic E-state index is 12.0. The second kappa shape index (κ2) is 4.67. The highest BCUT2D eigenvalue weighted by Crippen LogP contribution is 2.30. The molecular formula is C11H20N2O2S. The molecule has 3 N–H and O–H groups in total. The van der Waals surface area contributed by atoms with Crippen molar-refractivity contribution in [3.63, 3.8) is 0 Å². The molecule has 92 valence electrons. The van der Waals surface area contributed by atoms with E-state index in [-0.39, 0.29) is 5.91 Å². The van der Waals surface area contributed by atoms with Gasteiger partial charge >= 0.3 is 0 Å². The van der Waals surface area contributed by atoms with Gasteiger partial charge in [0.2, 0.25) is 0 Å². The Morgan fingerprint density at radius 1 is 1.44 bits per heavy atom. The molecule has 0 atom stereocenters. The summed E-state index contributed by atoms with van der Waals surface area (Å²) >= 11 is 5.07. The Morgan fingerprint density at radius 3 is 2.31 bits per heavy atom. The number of rotatable bonds is 4. The summed E-state index contributed by atoms with van der Waals surface area (Å²) in [5.74, 6) is -0.162. The predicted octanol–water partition coefficient (Wildman–Crippen LogP) is 1.13. The number of hydrogen-bond acceptors (Lipinski definition) is 3. The number of nitrogens with two attached hydrogens (primary N) is 1. The standard InChI is InChI=1S/C11H20N2O2S/c1-10(2,15-3)9(14)13-11(8(12)16)6-4-5-7-11/h4-7H2,1-3H3,(H2,12,16)(H,13,14). The second-order valence-electron chi connectivity index (χ2n) is 4.82. The van der Waals surface area contributed by atoms with Crippen molar-refractivity contribution in [2.24, 2.45) is 5.73 Å². The molecule has 0 unspecified atom stereocenters. The summed E-state index contributed by atoms with van der Waals surface area (Å²) in [5, 5.41) is 2.95. The Hall–Kier alpha value is -0.680. The maximum Gasteiger partial charge on any atom is 0.252 e. The molecule has 0 heterocycles. The van der Waals surface area contributed by atoms with E-state index in [1.165, 1.54) is 7.11 Å². The van der Waals surface area contributed by atoms with E-state index < -0.39 is 11.1 Å². The molecule has 0 aromatic heterocycles. The van der Waals surface area contributed by atoms with Crippen LogP contribution in [0.2, 0.25) is 0 Å². The number of amides is 1. The van der Waals surface area contributed by atoms with Crippen molar-refractivity contribution >= 4 is 23.1 Å². The molecular weight excluding hydrogens is 224 g/mol. The first-order chi connectivity index (χ1) is 7.34. The van der Waals surface area contributed by atoms with Crippen LogP contribution in [-0.2, 0) is 9.53 Å². The van der Waals surface area contributed by atoms with Gasteiger partial charge in [-0.1, -0.05) is 25.1 Å². The van der Waals surface area contributed by atoms with Crippen LogP contribution < -0.4 is 11.1 Å². The molecule has 0 radical (unpaired) electrons. The fraction of sp³-hybridized carbons (Fsp3) is 0.818. The van der Waals surface area contributed by atoms with Crippen LogP contribution in [-0.4, -0.2) is 29.1 Å². The molecule has 1 saturated carbocycles. The lowest BCUT2D eigenvalue weighted by atomic mass is 9.95. The van der Waals surface area contributed by atoms with Crippen LogP contribution in [0.1, 0.15) is 39.5 Å². The lowest BCUT2D eigenvalue weighted by Gasteiger charge is -2.33. The minimum absolute atomic E-state index is 0.162. The van der Waals surface area contributed by atoms with Gasteiger partial charge in [-0.15, -0.1) is 0 Å². The average molecular weight is 244 g/mol. The number of thiocarbonyl (C=S) groups is 1. The lowest BCUT2D eigenvalue weighted by molar-refractivity contribution is -0.140. The highest BCUT2D eigenvalue weighted by Gasteiger charge is 2.41. The van der Waals surface area contributed by atoms with Crippen molar-refractivity contribution in [3.8, 4) is 0 Å². The van der Waals surface area contributed by atoms with Crippen molar-refractivity contribution in [2.75, 3.05) is 7.11 Å². The van der Waals surface area contributed by atoms with E-state index in [9.17, 15) is 4.79 Å². The smallest absolute Gasteiger partial charge is 0.252 e. The van der Waals surface area contributed by atoms with Crippen LogP contribution in [0.15, 0.2) is 0 Å². The molecule has 0 aromatic carbocycles. The lowest BCUT2D eigenvalue weighted by Crippen LogP contribution is -2.59. The molecule has 4 nitrogen and oxygen atoms in total. The summed E-state index contributed by atoms with van der Waals surface area (Å²) in [6, 6.07) is 0. The van der Waals surface area contributed by atoms with E-state index in [0.717, 1.165) is 25.7 Å². The van der Waals surface area contributed by atoms with Gasteiger partial charge in [0.1, 0.15) is 5.60 Å². The van der Waals surface area contributed by atoms with E-state index >= 15 is 0 Å². The summed E-state index contributed by atoms with van der Waals surface area (Å²) < 4.78 is 5.14. The summed E-state index contributed by atoms with van der Waals surface area (Å²) in [6.45, 7) is 3.45. The SMILES string of the molecule is COC(C)(C)C(=O)NC1(C(N)=S)CCCC1. The van der Waals surface area contributed by atoms with E-state index in [4.69, 9.17) is 22.7 Å². The highest BCUT2D eigenvalue weighted by atomic mass is 32.1. The molecule has 16 heavy (non-hydrogen) atoms. The Labute approximate surface area is 102 Å². The summed E-state index contributed by atoms with van der Waals surface area (Å²) in [4.78, 5) is 12.4. The minimum atomic E-state index is -0.847. The largest absolute Gasteiger partial charge is 0.391 e. The van der Waals surface area contributed by atoms with Crippen LogP contribution in [0.4, 0.5) is 0 Å². The zero-order valence-electron chi connectivity index (χ0n) is 10.1. The molecule has 0 bridgehead atoms. The fourth-order valence-electron chi connectivity index (χ4n) is 1.87. The Morgan fingerprint density at radius 2 is 1.94 bits per heavy atom. The van der Waals surface area contributed by atoms with Gasteiger partial charge in [0.15, 0.2) is 0 Å². The molecule has 0 spiro atoms. The zero-order chi connectivity index (χ0) is 12.4. The van der Waals surface area contributed by atoms with Crippen molar-refractivity contribution in [1.29, 1.82) is 0 Å². The second-order valence-corrected chi connectivity index (χ2v) is 5.26. The van der Waals surface area contributed by atoms with Crippen molar-refractivity contribution in [3.05, 3.63) is 0 Å². The minimum Gasteiger partial charge on any atom is -0.391 e. The average Bonchev–Trinajstić information content (AvgIpc) is 2.67. The summed E-state index contributed by atoms with van der Waals surface area (Å²) in [5.41, 5.74) is 4.40. The third kappa shape index (κ3) is 2.52. The van der Waals surface area contributed by atoms with Gasteiger partial charge in [-0.05, 0) is 26.7 Å². The van der Waals surface area contributed by atoms with E-state index in [1.807, 2.05) is 0 Å². The first-order valence-corrected chi connectivity index (χ1v) is 5.92. The first kappa shape index (κ1) is 13.4.